The van der Waals surface area contributed by atoms with E-state index in [0.717, 1.165) is 16.8 Å². The second-order valence-electron chi connectivity index (χ2n) is 9.41. The van der Waals surface area contributed by atoms with Gasteiger partial charge in [0.2, 0.25) is 0 Å². The molecule has 0 saturated carbocycles. The van der Waals surface area contributed by atoms with Crippen molar-refractivity contribution in [3.05, 3.63) is 102 Å². The third-order valence-electron chi connectivity index (χ3n) is 5.98. The second kappa shape index (κ2) is 14.6. The van der Waals surface area contributed by atoms with Gasteiger partial charge in [0.05, 0.1) is 17.2 Å². The van der Waals surface area contributed by atoms with Crippen molar-refractivity contribution in [1.29, 1.82) is 0 Å². The van der Waals surface area contributed by atoms with Gasteiger partial charge in [-0.25, -0.2) is 0 Å². The van der Waals surface area contributed by atoms with Gasteiger partial charge in [-0.2, -0.15) is 0 Å². The Labute approximate surface area is 231 Å². The minimum atomic E-state index is -1.12. The molecule has 3 N–H and O–H groups in total. The Morgan fingerprint density at radius 2 is 1.56 bits per heavy atom. The second-order valence-corrected chi connectivity index (χ2v) is 9.41. The first-order valence-corrected chi connectivity index (χ1v) is 12.9. The molecule has 0 aromatic heterocycles. The molecule has 0 fully saturated rings. The molecular weight excluding hydrogens is 492 g/mol. The number of ether oxygens (including phenoxy) is 1. The number of aliphatic carboxylic acids is 1. The van der Waals surface area contributed by atoms with Gasteiger partial charge in [0, 0.05) is 36.9 Å². The molecule has 2 aromatic carbocycles. The lowest BCUT2D eigenvalue weighted by Crippen LogP contribution is -2.26. The maximum absolute atomic E-state index is 12.6. The molecule has 1 aliphatic carbocycles. The lowest BCUT2D eigenvalue weighted by atomic mass is 9.85. The third kappa shape index (κ3) is 9.23. The smallest absolute Gasteiger partial charge is 0.309 e. The molecule has 206 valence electrons. The van der Waals surface area contributed by atoms with E-state index in [-0.39, 0.29) is 29.9 Å². The Bertz CT molecular complexity index is 1250. The lowest BCUT2D eigenvalue weighted by molar-refractivity contribution is -0.146. The van der Waals surface area contributed by atoms with Crippen LogP contribution in [0.2, 0.25) is 0 Å². The molecule has 0 saturated heterocycles. The quantitative estimate of drug-likeness (QED) is 0.183. The number of nitrogens with one attached hydrogen (secondary N) is 2. The van der Waals surface area contributed by atoms with Gasteiger partial charge in [0.1, 0.15) is 0 Å². The van der Waals surface area contributed by atoms with E-state index < -0.39 is 11.4 Å². The van der Waals surface area contributed by atoms with Crippen LogP contribution in [0.5, 0.6) is 0 Å². The van der Waals surface area contributed by atoms with Crippen molar-refractivity contribution in [2.45, 2.75) is 46.6 Å². The minimum Gasteiger partial charge on any atom is -0.481 e. The number of carboxylic acid groups (broad SMARTS) is 1. The highest BCUT2D eigenvalue weighted by Gasteiger charge is 2.30. The highest BCUT2D eigenvalue weighted by Crippen LogP contribution is 2.26. The molecule has 1 amide bonds. The minimum absolute atomic E-state index is 0.0658. The van der Waals surface area contributed by atoms with Gasteiger partial charge in [-0.05, 0) is 43.2 Å². The zero-order valence-corrected chi connectivity index (χ0v) is 23.3. The summed E-state index contributed by atoms with van der Waals surface area (Å²) in [6, 6.07) is 14.4. The molecule has 1 aliphatic rings. The van der Waals surface area contributed by atoms with Crippen LogP contribution in [0.25, 0.3) is 11.1 Å². The van der Waals surface area contributed by atoms with Crippen molar-refractivity contribution in [3.8, 4) is 11.1 Å². The maximum Gasteiger partial charge on any atom is 0.309 e. The predicted molar refractivity (Wildman–Crippen MR) is 156 cm³/mol. The van der Waals surface area contributed by atoms with Crippen LogP contribution in [0.1, 0.15) is 50.9 Å². The van der Waals surface area contributed by atoms with Crippen molar-refractivity contribution < 1.29 is 24.2 Å². The molecule has 1 atom stereocenters. The van der Waals surface area contributed by atoms with E-state index in [0.29, 0.717) is 17.7 Å². The fraction of sp³-hybridized carbons (Fsp3) is 0.281. The Balaban J connectivity index is 0.00000260. The van der Waals surface area contributed by atoms with Gasteiger partial charge in [-0.1, -0.05) is 81.1 Å². The molecule has 3 rings (SSSR count). The van der Waals surface area contributed by atoms with E-state index in [4.69, 9.17) is 4.74 Å². The SMILES string of the molecule is C=C(N/C1=C/C=CC(OC)/C=C\C1)C(=O)Nc1ccc(-c2ccc(C(=O)CC(C)(C)C(=O)O)cc2)cc1.CC. The van der Waals surface area contributed by atoms with E-state index in [1.807, 2.05) is 68.5 Å². The topological polar surface area (TPSA) is 105 Å². The van der Waals surface area contributed by atoms with Crippen molar-refractivity contribution >= 4 is 23.3 Å². The van der Waals surface area contributed by atoms with Crippen LogP contribution >= 0.6 is 0 Å². The van der Waals surface area contributed by atoms with Crippen molar-refractivity contribution in [2.24, 2.45) is 5.41 Å². The number of carbonyl (C=O) groups is 3. The van der Waals surface area contributed by atoms with E-state index in [1.54, 1.807) is 31.4 Å². The largest absolute Gasteiger partial charge is 0.481 e. The number of allylic oxidation sites excluding steroid dienone is 3. The number of hydrogen-bond acceptors (Lipinski definition) is 5. The molecule has 1 unspecified atom stereocenters. The highest BCUT2D eigenvalue weighted by atomic mass is 16.5. The number of benzene rings is 2. The standard InChI is InChI=1S/C30H32N2O5.C2H6/c1-20(31-24-7-5-9-26(37-4)10-6-8-24)28(34)32-25-17-15-22(16-18-25)21-11-13-23(14-12-21)27(33)19-30(2,3)29(35)36;1-2/h5-7,9-18,26,31H,1,8,19H2,2-4H3,(H,32,34)(H,35,36);1-2H3/b9-5?,10-6-,24-7+;. The lowest BCUT2D eigenvalue weighted by Gasteiger charge is -2.17. The molecule has 39 heavy (non-hydrogen) atoms. The predicted octanol–water partition coefficient (Wildman–Crippen LogP) is 6.52. The fourth-order valence-corrected chi connectivity index (χ4v) is 3.62. The summed E-state index contributed by atoms with van der Waals surface area (Å²) in [5, 5.41) is 15.1. The zero-order chi connectivity index (χ0) is 29.0. The average molecular weight is 531 g/mol. The molecule has 0 spiro atoms. The monoisotopic (exact) mass is 530 g/mol. The van der Waals surface area contributed by atoms with Crippen molar-refractivity contribution in [1.82, 2.24) is 5.32 Å². The van der Waals surface area contributed by atoms with Crippen LogP contribution in [0.4, 0.5) is 5.69 Å². The molecule has 0 radical (unpaired) electrons. The van der Waals surface area contributed by atoms with Crippen LogP contribution in [-0.2, 0) is 14.3 Å². The molecule has 0 bridgehead atoms. The summed E-state index contributed by atoms with van der Waals surface area (Å²) in [7, 11) is 1.65. The van der Waals surface area contributed by atoms with Crippen LogP contribution in [0.3, 0.4) is 0 Å². The summed E-state index contributed by atoms with van der Waals surface area (Å²) in [5.41, 5.74) is 2.84. The number of rotatable bonds is 10. The Kier molecular flexibility index (Phi) is 11.6. The Morgan fingerprint density at radius 3 is 2.13 bits per heavy atom. The number of methoxy groups -OCH3 is 1. The number of amides is 1. The number of carbonyl (C=O) groups excluding carboxylic acids is 2. The number of anilines is 1. The van der Waals surface area contributed by atoms with Gasteiger partial charge in [-0.15, -0.1) is 0 Å². The van der Waals surface area contributed by atoms with E-state index in [1.165, 1.54) is 13.8 Å². The summed E-state index contributed by atoms with van der Waals surface area (Å²) in [6.45, 7) is 10.9. The zero-order valence-electron chi connectivity index (χ0n) is 23.3. The molecule has 2 aromatic rings. The first-order valence-electron chi connectivity index (χ1n) is 12.9. The van der Waals surface area contributed by atoms with Crippen LogP contribution in [0.15, 0.2) is 96.9 Å². The molecule has 0 aliphatic heterocycles. The Morgan fingerprint density at radius 1 is 0.974 bits per heavy atom. The fourth-order valence-electron chi connectivity index (χ4n) is 3.62. The first-order chi connectivity index (χ1) is 18.6. The van der Waals surface area contributed by atoms with Gasteiger partial charge in [-0.3, -0.25) is 14.4 Å². The summed E-state index contributed by atoms with van der Waals surface area (Å²) >= 11 is 0. The molecule has 0 heterocycles. The van der Waals surface area contributed by atoms with Crippen LogP contribution in [0, 0.1) is 5.41 Å². The van der Waals surface area contributed by atoms with Crippen molar-refractivity contribution in [3.63, 3.8) is 0 Å². The van der Waals surface area contributed by atoms with Gasteiger partial charge >= 0.3 is 5.97 Å². The summed E-state index contributed by atoms with van der Waals surface area (Å²) in [6.07, 6.45) is 10.1. The van der Waals surface area contributed by atoms with Crippen molar-refractivity contribution in [2.75, 3.05) is 12.4 Å². The van der Waals surface area contributed by atoms with E-state index in [2.05, 4.69) is 17.2 Å². The maximum atomic E-state index is 12.6. The number of ketones is 1. The Hall–Kier alpha value is -4.23. The van der Waals surface area contributed by atoms with Crippen LogP contribution < -0.4 is 10.6 Å². The summed E-state index contributed by atoms with van der Waals surface area (Å²) in [4.78, 5) is 36.4. The number of carboxylic acids is 1. The van der Waals surface area contributed by atoms with Crippen LogP contribution in [-0.4, -0.2) is 36.0 Å². The molecule has 7 heteroatoms. The summed E-state index contributed by atoms with van der Waals surface area (Å²) < 4.78 is 5.29. The number of Topliss-reactive ketones (excluding diaryl/α,β-unsaturated/α-hetero) is 1. The first kappa shape index (κ1) is 31.0. The number of hydrogen-bond donors (Lipinski definition) is 3. The van der Waals surface area contributed by atoms with E-state index in [9.17, 15) is 19.5 Å². The third-order valence-corrected chi connectivity index (χ3v) is 5.98. The molecular formula is C32H38N2O5. The average Bonchev–Trinajstić information content (AvgIpc) is 2.91. The summed E-state index contributed by atoms with van der Waals surface area (Å²) in [5.74, 6) is -1.56. The van der Waals surface area contributed by atoms with Gasteiger partial charge in [0.25, 0.3) is 5.91 Å². The highest BCUT2D eigenvalue weighted by molar-refractivity contribution is 6.03. The van der Waals surface area contributed by atoms with Gasteiger partial charge in [0.15, 0.2) is 5.78 Å². The molecule has 7 nitrogen and oxygen atoms in total. The van der Waals surface area contributed by atoms with Gasteiger partial charge < -0.3 is 20.5 Å². The van der Waals surface area contributed by atoms with E-state index >= 15 is 0 Å². The normalized spacial score (nSPS) is 16.7.